The second-order valence-electron chi connectivity index (χ2n) is 8.40. The summed E-state index contributed by atoms with van der Waals surface area (Å²) in [5.74, 6) is -1.68. The molecule has 0 saturated carbocycles. The Balaban J connectivity index is 1.56. The number of anilines is 1. The lowest BCUT2D eigenvalue weighted by Gasteiger charge is -2.31. The topological polar surface area (TPSA) is 95.6 Å². The third-order valence-electron chi connectivity index (χ3n) is 5.79. The number of amides is 2. The highest BCUT2D eigenvalue weighted by Crippen LogP contribution is 2.34. The van der Waals surface area contributed by atoms with Gasteiger partial charge >= 0.3 is 6.18 Å². The van der Waals surface area contributed by atoms with E-state index in [9.17, 15) is 31.2 Å². The minimum Gasteiger partial charge on any atom is -0.344 e. The van der Waals surface area contributed by atoms with Crippen LogP contribution >= 0.6 is 11.6 Å². The largest absolute Gasteiger partial charge is 0.416 e. The molecule has 1 saturated heterocycles. The first-order chi connectivity index (χ1) is 16.3. The zero-order valence-corrected chi connectivity index (χ0v) is 20.6. The molecule has 190 valence electrons. The van der Waals surface area contributed by atoms with E-state index < -0.39 is 45.5 Å². The average molecular weight is 532 g/mol. The summed E-state index contributed by atoms with van der Waals surface area (Å²) in [5, 5.41) is 4.77. The van der Waals surface area contributed by atoms with E-state index in [0.717, 1.165) is 23.8 Å². The Morgan fingerprint density at radius 2 is 1.69 bits per heavy atom. The molecule has 1 fully saturated rings. The third kappa shape index (κ3) is 6.53. The Morgan fingerprint density at radius 1 is 1.09 bits per heavy atom. The molecule has 2 amide bonds. The van der Waals surface area contributed by atoms with Gasteiger partial charge in [0, 0.05) is 19.0 Å². The second kappa shape index (κ2) is 10.5. The summed E-state index contributed by atoms with van der Waals surface area (Å²) in [6.07, 6.45) is -4.07. The second-order valence-corrected chi connectivity index (χ2v) is 10.7. The first kappa shape index (κ1) is 27.0. The zero-order chi connectivity index (χ0) is 26.0. The highest BCUT2D eigenvalue weighted by atomic mass is 35.5. The molecule has 0 bridgehead atoms. The van der Waals surface area contributed by atoms with Gasteiger partial charge in [0.2, 0.25) is 21.8 Å². The van der Waals surface area contributed by atoms with Crippen molar-refractivity contribution in [1.82, 2.24) is 9.62 Å². The molecule has 2 aromatic rings. The molecule has 0 aromatic heterocycles. The minimum absolute atomic E-state index is 0.0768. The van der Waals surface area contributed by atoms with E-state index in [4.69, 9.17) is 11.6 Å². The standard InChI is InChI=1S/C23H25ClF3N3O4S/c1-14-3-6-18(7-4-14)35(33,34)30-11-9-16(10-12-30)22(32)28-15(2)21(31)29-20-13-17(23(25,26)27)5-8-19(20)24/h3-8,13,15-16H,9-12H2,1-2H3,(H,28,32)(H,29,31). The summed E-state index contributed by atoms with van der Waals surface area (Å²) in [6, 6.07) is 8.01. The molecule has 1 aliphatic heterocycles. The minimum atomic E-state index is -4.61. The van der Waals surface area contributed by atoms with Crippen LogP contribution in [0.5, 0.6) is 0 Å². The van der Waals surface area contributed by atoms with Gasteiger partial charge in [0.15, 0.2) is 0 Å². The molecule has 12 heteroatoms. The number of carbonyl (C=O) groups is 2. The number of carbonyl (C=O) groups excluding carboxylic acids is 2. The molecular weight excluding hydrogens is 507 g/mol. The molecule has 1 atom stereocenters. The number of hydrogen-bond donors (Lipinski definition) is 2. The highest BCUT2D eigenvalue weighted by molar-refractivity contribution is 7.89. The summed E-state index contributed by atoms with van der Waals surface area (Å²) in [5.41, 5.74) is -0.253. The van der Waals surface area contributed by atoms with Crippen molar-refractivity contribution in [3.63, 3.8) is 0 Å². The van der Waals surface area contributed by atoms with E-state index in [1.807, 2.05) is 6.92 Å². The number of alkyl halides is 3. The van der Waals surface area contributed by atoms with Crippen molar-refractivity contribution in [2.45, 2.75) is 43.8 Å². The van der Waals surface area contributed by atoms with E-state index in [0.29, 0.717) is 0 Å². The van der Waals surface area contributed by atoms with Gasteiger partial charge in [-0.05, 0) is 57.0 Å². The van der Waals surface area contributed by atoms with E-state index in [-0.39, 0.29) is 41.5 Å². The van der Waals surface area contributed by atoms with Crippen molar-refractivity contribution in [3.05, 3.63) is 58.6 Å². The number of hydrogen-bond acceptors (Lipinski definition) is 4. The monoisotopic (exact) mass is 531 g/mol. The van der Waals surface area contributed by atoms with Crippen LogP contribution in [0.25, 0.3) is 0 Å². The van der Waals surface area contributed by atoms with Gasteiger partial charge in [-0.25, -0.2) is 8.42 Å². The predicted octanol–water partition coefficient (Wildman–Crippen LogP) is 4.21. The fraction of sp³-hybridized carbons (Fsp3) is 0.391. The fourth-order valence-corrected chi connectivity index (χ4v) is 5.29. The van der Waals surface area contributed by atoms with E-state index in [1.165, 1.54) is 11.2 Å². The van der Waals surface area contributed by atoms with Crippen LogP contribution in [0.15, 0.2) is 47.4 Å². The quantitative estimate of drug-likeness (QED) is 0.583. The smallest absolute Gasteiger partial charge is 0.344 e. The third-order valence-corrected chi connectivity index (χ3v) is 8.03. The molecule has 1 heterocycles. The molecule has 2 N–H and O–H groups in total. The van der Waals surface area contributed by atoms with E-state index in [2.05, 4.69) is 10.6 Å². The lowest BCUT2D eigenvalue weighted by molar-refractivity contribution is -0.137. The number of nitrogens with one attached hydrogen (secondary N) is 2. The van der Waals surface area contributed by atoms with Gasteiger partial charge in [-0.15, -0.1) is 0 Å². The SMILES string of the molecule is Cc1ccc(S(=O)(=O)N2CCC(C(=O)NC(C)C(=O)Nc3cc(C(F)(F)F)ccc3Cl)CC2)cc1. The molecular formula is C23H25ClF3N3O4S. The first-order valence-corrected chi connectivity index (χ1v) is 12.7. The number of rotatable bonds is 6. The summed E-state index contributed by atoms with van der Waals surface area (Å²) in [4.78, 5) is 25.3. The molecule has 0 aliphatic carbocycles. The normalized spacial score (nSPS) is 16.5. The molecule has 3 rings (SSSR count). The van der Waals surface area contributed by atoms with Gasteiger partial charge < -0.3 is 10.6 Å². The summed E-state index contributed by atoms with van der Waals surface area (Å²) < 4.78 is 65.8. The summed E-state index contributed by atoms with van der Waals surface area (Å²) in [7, 11) is -3.67. The van der Waals surface area contributed by atoms with Crippen LogP contribution in [-0.2, 0) is 25.8 Å². The molecule has 2 aromatic carbocycles. The maximum absolute atomic E-state index is 12.9. The predicted molar refractivity (Wildman–Crippen MR) is 125 cm³/mol. The van der Waals surface area contributed by atoms with Crippen molar-refractivity contribution in [3.8, 4) is 0 Å². The van der Waals surface area contributed by atoms with Gasteiger partial charge in [-0.1, -0.05) is 29.3 Å². The number of aryl methyl sites for hydroxylation is 1. The molecule has 0 spiro atoms. The molecule has 1 aliphatic rings. The Morgan fingerprint density at radius 3 is 2.26 bits per heavy atom. The maximum Gasteiger partial charge on any atom is 0.416 e. The van der Waals surface area contributed by atoms with Crippen molar-refractivity contribution < 1.29 is 31.2 Å². The average Bonchev–Trinajstić information content (AvgIpc) is 2.80. The molecule has 1 unspecified atom stereocenters. The van der Waals surface area contributed by atoms with E-state index >= 15 is 0 Å². The van der Waals surface area contributed by atoms with Crippen molar-refractivity contribution >= 4 is 39.1 Å². The highest BCUT2D eigenvalue weighted by Gasteiger charge is 2.34. The summed E-state index contributed by atoms with van der Waals surface area (Å²) >= 11 is 5.90. The van der Waals surface area contributed by atoms with Gasteiger partial charge in [-0.2, -0.15) is 17.5 Å². The van der Waals surface area contributed by atoms with E-state index in [1.54, 1.807) is 24.3 Å². The van der Waals surface area contributed by atoms with Crippen LogP contribution in [0, 0.1) is 12.8 Å². The van der Waals surface area contributed by atoms with Crippen LogP contribution in [0.4, 0.5) is 18.9 Å². The number of sulfonamides is 1. The molecule has 7 nitrogen and oxygen atoms in total. The van der Waals surface area contributed by atoms with Crippen LogP contribution in [-0.4, -0.2) is 43.7 Å². The zero-order valence-electron chi connectivity index (χ0n) is 19.0. The lowest BCUT2D eigenvalue weighted by atomic mass is 9.97. The first-order valence-electron chi connectivity index (χ1n) is 10.8. The van der Waals surface area contributed by atoms with Crippen LogP contribution < -0.4 is 10.6 Å². The van der Waals surface area contributed by atoms with Gasteiger partial charge in [0.25, 0.3) is 0 Å². The van der Waals surface area contributed by atoms with Gasteiger partial charge in [0.1, 0.15) is 6.04 Å². The Kier molecular flexibility index (Phi) is 8.13. The van der Waals surface area contributed by atoms with Gasteiger partial charge in [0.05, 0.1) is 21.2 Å². The maximum atomic E-state index is 12.9. The Labute approximate surface area is 206 Å². The number of halogens is 4. The number of benzene rings is 2. The fourth-order valence-electron chi connectivity index (χ4n) is 3.65. The Hall–Kier alpha value is -2.63. The van der Waals surface area contributed by atoms with Crippen LogP contribution in [0.1, 0.15) is 30.9 Å². The lowest BCUT2D eigenvalue weighted by Crippen LogP contribution is -2.47. The van der Waals surface area contributed by atoms with Gasteiger partial charge in [-0.3, -0.25) is 9.59 Å². The van der Waals surface area contributed by atoms with Crippen molar-refractivity contribution in [2.24, 2.45) is 5.92 Å². The number of nitrogens with zero attached hydrogens (tertiary/aromatic N) is 1. The van der Waals surface area contributed by atoms with Crippen LogP contribution in [0.3, 0.4) is 0 Å². The molecule has 35 heavy (non-hydrogen) atoms. The van der Waals surface area contributed by atoms with Crippen LogP contribution in [0.2, 0.25) is 5.02 Å². The van der Waals surface area contributed by atoms with Crippen molar-refractivity contribution in [1.29, 1.82) is 0 Å². The Bertz CT molecular complexity index is 1200. The number of piperidine rings is 1. The van der Waals surface area contributed by atoms with Crippen molar-refractivity contribution in [2.75, 3.05) is 18.4 Å². The summed E-state index contributed by atoms with van der Waals surface area (Å²) in [6.45, 7) is 3.55. The molecule has 0 radical (unpaired) electrons.